The molecule has 0 radical (unpaired) electrons. The fourth-order valence-electron chi connectivity index (χ4n) is 2.93. The Morgan fingerprint density at radius 2 is 1.91 bits per heavy atom. The SMILES string of the molecule is COc1ccc(S(=O)(=O)N(CC(=O)N/N=C\c2c(F)cccc2Cl)c2ccc(C)cc2)cc1Br. The molecule has 34 heavy (non-hydrogen) atoms. The average molecular weight is 569 g/mol. The van der Waals surface area contributed by atoms with Gasteiger partial charge in [0.25, 0.3) is 15.9 Å². The van der Waals surface area contributed by atoms with E-state index in [0.717, 1.165) is 16.1 Å². The first kappa shape index (κ1) is 25.7. The van der Waals surface area contributed by atoms with Crippen LogP contribution in [0.25, 0.3) is 0 Å². The lowest BCUT2D eigenvalue weighted by Gasteiger charge is -2.24. The Morgan fingerprint density at radius 3 is 2.53 bits per heavy atom. The third-order valence-corrected chi connectivity index (χ3v) is 7.42. The summed E-state index contributed by atoms with van der Waals surface area (Å²) in [6.07, 6.45) is 1.06. The summed E-state index contributed by atoms with van der Waals surface area (Å²) in [7, 11) is -2.68. The third kappa shape index (κ3) is 5.94. The summed E-state index contributed by atoms with van der Waals surface area (Å²) < 4.78 is 47.4. The number of benzene rings is 3. The van der Waals surface area contributed by atoms with Gasteiger partial charge in [0.15, 0.2) is 0 Å². The molecule has 0 aromatic heterocycles. The highest BCUT2D eigenvalue weighted by Gasteiger charge is 2.28. The van der Waals surface area contributed by atoms with E-state index >= 15 is 0 Å². The number of hydrogen-bond acceptors (Lipinski definition) is 5. The van der Waals surface area contributed by atoms with Crippen molar-refractivity contribution in [3.05, 3.63) is 87.1 Å². The van der Waals surface area contributed by atoms with Gasteiger partial charge in [-0.3, -0.25) is 9.10 Å². The zero-order chi connectivity index (χ0) is 24.9. The molecule has 3 aromatic rings. The first-order chi connectivity index (χ1) is 16.1. The van der Waals surface area contributed by atoms with Gasteiger partial charge >= 0.3 is 0 Å². The number of rotatable bonds is 8. The molecule has 0 saturated heterocycles. The lowest BCUT2D eigenvalue weighted by atomic mass is 10.2. The van der Waals surface area contributed by atoms with Crippen molar-refractivity contribution < 1.29 is 22.3 Å². The number of carbonyl (C=O) groups is 1. The zero-order valence-corrected chi connectivity index (χ0v) is 21.3. The first-order valence-corrected chi connectivity index (χ1v) is 12.4. The molecule has 1 N–H and O–H groups in total. The summed E-state index contributed by atoms with van der Waals surface area (Å²) in [6.45, 7) is 1.29. The Morgan fingerprint density at radius 1 is 1.21 bits per heavy atom. The van der Waals surface area contributed by atoms with E-state index < -0.39 is 28.3 Å². The van der Waals surface area contributed by atoms with Gasteiger partial charge in [-0.2, -0.15) is 5.10 Å². The number of carbonyl (C=O) groups excluding carboxylic acids is 1. The standard InChI is InChI=1S/C23H20BrClFN3O4S/c1-15-6-8-16(9-7-15)29(34(31,32)17-10-11-22(33-2)19(24)12-17)14-23(30)28-27-13-18-20(25)4-3-5-21(18)26/h3-13H,14H2,1-2H3,(H,28,30)/b27-13-. The molecular weight excluding hydrogens is 549 g/mol. The minimum atomic E-state index is -4.15. The van der Waals surface area contributed by atoms with Crippen molar-refractivity contribution >= 4 is 55.4 Å². The number of amides is 1. The summed E-state index contributed by atoms with van der Waals surface area (Å²) >= 11 is 9.23. The van der Waals surface area contributed by atoms with Gasteiger partial charge in [0.05, 0.1) is 33.4 Å². The van der Waals surface area contributed by atoms with E-state index in [4.69, 9.17) is 16.3 Å². The van der Waals surface area contributed by atoms with Crippen LogP contribution in [0.5, 0.6) is 5.75 Å². The average Bonchev–Trinajstić information content (AvgIpc) is 2.80. The molecule has 3 aromatic carbocycles. The number of nitrogens with one attached hydrogen (secondary N) is 1. The van der Waals surface area contributed by atoms with Crippen molar-refractivity contribution in [1.29, 1.82) is 0 Å². The molecule has 0 saturated carbocycles. The quantitative estimate of drug-likeness (QED) is 0.309. The van der Waals surface area contributed by atoms with Gasteiger partial charge in [-0.05, 0) is 65.3 Å². The van der Waals surface area contributed by atoms with Crippen molar-refractivity contribution in [3.8, 4) is 5.75 Å². The zero-order valence-electron chi connectivity index (χ0n) is 18.1. The number of hydrazone groups is 1. The van der Waals surface area contributed by atoms with Crippen molar-refractivity contribution in [2.45, 2.75) is 11.8 Å². The minimum Gasteiger partial charge on any atom is -0.496 e. The highest BCUT2D eigenvalue weighted by molar-refractivity contribution is 9.10. The molecule has 0 heterocycles. The van der Waals surface area contributed by atoms with E-state index in [9.17, 15) is 17.6 Å². The number of halogens is 3. The molecule has 11 heteroatoms. The maximum atomic E-state index is 13.9. The lowest BCUT2D eigenvalue weighted by molar-refractivity contribution is -0.119. The summed E-state index contributed by atoms with van der Waals surface area (Å²) in [5, 5.41) is 3.84. The van der Waals surface area contributed by atoms with E-state index in [0.29, 0.717) is 10.2 Å². The van der Waals surface area contributed by atoms with Crippen LogP contribution in [-0.2, 0) is 14.8 Å². The molecule has 178 valence electrons. The fourth-order valence-corrected chi connectivity index (χ4v) is 5.28. The van der Waals surface area contributed by atoms with E-state index in [-0.39, 0.29) is 21.2 Å². The number of methoxy groups -OCH3 is 1. The van der Waals surface area contributed by atoms with Crippen LogP contribution in [0.4, 0.5) is 10.1 Å². The largest absolute Gasteiger partial charge is 0.496 e. The number of sulfonamides is 1. The lowest BCUT2D eigenvalue weighted by Crippen LogP contribution is -2.39. The van der Waals surface area contributed by atoms with E-state index in [1.807, 2.05) is 6.92 Å². The van der Waals surface area contributed by atoms with Crippen LogP contribution in [0.15, 0.2) is 75.1 Å². The summed E-state index contributed by atoms with van der Waals surface area (Å²) in [6, 6.07) is 15.1. The predicted octanol–water partition coefficient (Wildman–Crippen LogP) is 4.90. The summed E-state index contributed by atoms with van der Waals surface area (Å²) in [5.74, 6) is -0.889. The summed E-state index contributed by atoms with van der Waals surface area (Å²) in [4.78, 5) is 12.6. The van der Waals surface area contributed by atoms with Crippen LogP contribution in [0.3, 0.4) is 0 Å². The molecule has 0 spiro atoms. The minimum absolute atomic E-state index is 0.00411. The molecule has 0 atom stereocenters. The van der Waals surface area contributed by atoms with Gasteiger partial charge in [0, 0.05) is 5.56 Å². The van der Waals surface area contributed by atoms with Gasteiger partial charge in [0.2, 0.25) is 0 Å². The fraction of sp³-hybridized carbons (Fsp3) is 0.130. The van der Waals surface area contributed by atoms with Gasteiger partial charge in [-0.25, -0.2) is 18.2 Å². The van der Waals surface area contributed by atoms with Crippen molar-refractivity contribution in [2.75, 3.05) is 18.0 Å². The summed E-state index contributed by atoms with van der Waals surface area (Å²) in [5.41, 5.74) is 3.42. The molecule has 7 nitrogen and oxygen atoms in total. The normalized spacial score (nSPS) is 11.4. The maximum absolute atomic E-state index is 13.9. The second kappa shape index (κ2) is 11.0. The molecular formula is C23H20BrClFN3O4S. The van der Waals surface area contributed by atoms with Gasteiger partial charge in [-0.15, -0.1) is 0 Å². The van der Waals surface area contributed by atoms with Crippen LogP contribution in [0.1, 0.15) is 11.1 Å². The topological polar surface area (TPSA) is 88.1 Å². The van der Waals surface area contributed by atoms with Crippen molar-refractivity contribution in [3.63, 3.8) is 0 Å². The second-order valence-corrected chi connectivity index (χ2v) is 10.2. The van der Waals surface area contributed by atoms with E-state index in [1.165, 1.54) is 43.5 Å². The molecule has 0 bridgehead atoms. The predicted molar refractivity (Wildman–Crippen MR) is 134 cm³/mol. The number of hydrogen-bond donors (Lipinski definition) is 1. The third-order valence-electron chi connectivity index (χ3n) is 4.70. The monoisotopic (exact) mass is 567 g/mol. The van der Waals surface area contributed by atoms with Crippen molar-refractivity contribution in [1.82, 2.24) is 5.43 Å². The highest BCUT2D eigenvalue weighted by Crippen LogP contribution is 2.30. The number of ether oxygens (including phenoxy) is 1. The van der Waals surface area contributed by atoms with Crippen molar-refractivity contribution in [2.24, 2.45) is 5.10 Å². The van der Waals surface area contributed by atoms with Crippen LogP contribution < -0.4 is 14.5 Å². The molecule has 0 unspecified atom stereocenters. The Labute approximate surface area is 210 Å². The molecule has 0 aliphatic heterocycles. The number of anilines is 1. The van der Waals surface area contributed by atoms with Gasteiger partial charge in [0.1, 0.15) is 18.1 Å². The second-order valence-electron chi connectivity index (χ2n) is 7.07. The number of nitrogens with zero attached hydrogens (tertiary/aromatic N) is 2. The van der Waals surface area contributed by atoms with Crippen LogP contribution in [0, 0.1) is 12.7 Å². The van der Waals surface area contributed by atoms with Gasteiger partial charge in [-0.1, -0.05) is 35.4 Å². The molecule has 3 rings (SSSR count). The van der Waals surface area contributed by atoms with Crippen LogP contribution in [0.2, 0.25) is 5.02 Å². The van der Waals surface area contributed by atoms with Crippen LogP contribution >= 0.6 is 27.5 Å². The molecule has 1 amide bonds. The highest BCUT2D eigenvalue weighted by atomic mass is 79.9. The Bertz CT molecular complexity index is 1310. The maximum Gasteiger partial charge on any atom is 0.264 e. The Hall–Kier alpha value is -2.95. The molecule has 0 fully saturated rings. The molecule has 0 aliphatic carbocycles. The van der Waals surface area contributed by atoms with Gasteiger partial charge < -0.3 is 4.74 Å². The smallest absolute Gasteiger partial charge is 0.264 e. The van der Waals surface area contributed by atoms with E-state index in [1.54, 1.807) is 24.3 Å². The van der Waals surface area contributed by atoms with E-state index in [2.05, 4.69) is 26.5 Å². The Balaban J connectivity index is 1.89. The Kier molecular flexibility index (Phi) is 8.29. The first-order valence-electron chi connectivity index (χ1n) is 9.82. The number of aryl methyl sites for hydroxylation is 1. The molecule has 0 aliphatic rings. The van der Waals surface area contributed by atoms with Crippen LogP contribution in [-0.4, -0.2) is 34.2 Å².